The Morgan fingerprint density at radius 2 is 2.00 bits per heavy atom. The second kappa shape index (κ2) is 6.95. The Labute approximate surface area is 121 Å². The highest BCUT2D eigenvalue weighted by Crippen LogP contribution is 2.26. The molecule has 3 N–H and O–H groups in total. The van der Waals surface area contributed by atoms with Gasteiger partial charge in [0.2, 0.25) is 10.0 Å². The van der Waals surface area contributed by atoms with E-state index < -0.39 is 10.0 Å². The van der Waals surface area contributed by atoms with Crippen LogP contribution in [0.2, 0.25) is 0 Å². The first-order chi connectivity index (χ1) is 9.34. The summed E-state index contributed by atoms with van der Waals surface area (Å²) in [7, 11) is -3.58. The first-order valence-corrected chi connectivity index (χ1v) is 8.38. The van der Waals surface area contributed by atoms with E-state index in [2.05, 4.69) is 0 Å². The zero-order chi connectivity index (χ0) is 15.3. The van der Waals surface area contributed by atoms with Crippen molar-refractivity contribution in [3.05, 3.63) is 18.2 Å². The molecule has 1 unspecified atom stereocenters. The Kier molecular flexibility index (Phi) is 5.83. The molecule has 0 fully saturated rings. The number of aromatic hydroxyl groups is 1. The van der Waals surface area contributed by atoms with Crippen LogP contribution in [0.5, 0.6) is 5.75 Å². The van der Waals surface area contributed by atoms with E-state index in [-0.39, 0.29) is 22.4 Å². The van der Waals surface area contributed by atoms with Crippen LogP contribution >= 0.6 is 0 Å². The van der Waals surface area contributed by atoms with Crippen LogP contribution in [0.15, 0.2) is 23.1 Å². The predicted octanol–water partition coefficient (Wildman–Crippen LogP) is 2.56. The molecule has 1 atom stereocenters. The lowest BCUT2D eigenvalue weighted by molar-refractivity contribution is 0.324. The van der Waals surface area contributed by atoms with Gasteiger partial charge in [-0.1, -0.05) is 20.3 Å². The molecule has 0 saturated carbocycles. The molecule has 0 aliphatic carbocycles. The van der Waals surface area contributed by atoms with E-state index in [0.717, 1.165) is 19.3 Å². The molecule has 1 aromatic rings. The molecule has 5 nitrogen and oxygen atoms in total. The van der Waals surface area contributed by atoms with Crippen molar-refractivity contribution >= 4 is 15.7 Å². The number of hydrogen-bond acceptors (Lipinski definition) is 4. The Balaban J connectivity index is 3.17. The average Bonchev–Trinajstić information content (AvgIpc) is 2.41. The summed E-state index contributed by atoms with van der Waals surface area (Å²) in [6.07, 6.45) is 2.49. The molecule has 1 aromatic carbocycles. The van der Waals surface area contributed by atoms with Crippen LogP contribution in [-0.4, -0.2) is 30.4 Å². The number of nitrogens with zero attached hydrogens (tertiary/aromatic N) is 1. The number of sulfonamides is 1. The maximum absolute atomic E-state index is 12.7. The Hall–Kier alpha value is -1.27. The van der Waals surface area contributed by atoms with Crippen molar-refractivity contribution in [3.8, 4) is 5.75 Å². The molecule has 6 heteroatoms. The maximum Gasteiger partial charge on any atom is 0.243 e. The summed E-state index contributed by atoms with van der Waals surface area (Å²) in [4.78, 5) is 0.129. The van der Waals surface area contributed by atoms with Gasteiger partial charge < -0.3 is 10.8 Å². The largest absolute Gasteiger partial charge is 0.506 e. The molecule has 0 aliphatic rings. The van der Waals surface area contributed by atoms with E-state index in [4.69, 9.17) is 5.73 Å². The monoisotopic (exact) mass is 300 g/mol. The fourth-order valence-electron chi connectivity index (χ4n) is 1.92. The van der Waals surface area contributed by atoms with Crippen molar-refractivity contribution < 1.29 is 13.5 Å². The third kappa shape index (κ3) is 3.64. The first kappa shape index (κ1) is 16.8. The second-order valence-corrected chi connectivity index (χ2v) is 6.84. The van der Waals surface area contributed by atoms with Gasteiger partial charge in [-0.3, -0.25) is 0 Å². The lowest BCUT2D eigenvalue weighted by Gasteiger charge is -2.27. The summed E-state index contributed by atoms with van der Waals surface area (Å²) in [6, 6.07) is 3.95. The smallest absolute Gasteiger partial charge is 0.243 e. The lowest BCUT2D eigenvalue weighted by atomic mass is 10.2. The minimum absolute atomic E-state index is 0.0680. The Bertz CT molecular complexity index is 543. The van der Waals surface area contributed by atoms with E-state index in [0.29, 0.717) is 6.54 Å². The molecule has 0 spiro atoms. The van der Waals surface area contributed by atoms with Crippen LogP contribution in [0, 0.1) is 0 Å². The average molecular weight is 300 g/mol. The summed E-state index contributed by atoms with van der Waals surface area (Å²) < 4.78 is 26.9. The minimum atomic E-state index is -3.58. The fourth-order valence-corrected chi connectivity index (χ4v) is 3.70. The normalized spacial score (nSPS) is 13.6. The van der Waals surface area contributed by atoms with E-state index in [9.17, 15) is 13.5 Å². The summed E-state index contributed by atoms with van der Waals surface area (Å²) >= 11 is 0. The summed E-state index contributed by atoms with van der Waals surface area (Å²) in [5.74, 6) is -0.104. The number of benzene rings is 1. The molecule has 20 heavy (non-hydrogen) atoms. The van der Waals surface area contributed by atoms with Gasteiger partial charge in [0.25, 0.3) is 0 Å². The van der Waals surface area contributed by atoms with E-state index in [1.807, 2.05) is 20.8 Å². The highest BCUT2D eigenvalue weighted by Gasteiger charge is 2.28. The molecule has 114 valence electrons. The molecule has 0 heterocycles. The van der Waals surface area contributed by atoms with Crippen LogP contribution in [-0.2, 0) is 10.0 Å². The Morgan fingerprint density at radius 3 is 2.50 bits per heavy atom. The molecule has 0 aliphatic heterocycles. The predicted molar refractivity (Wildman–Crippen MR) is 81.1 cm³/mol. The van der Waals surface area contributed by atoms with Crippen molar-refractivity contribution in [2.75, 3.05) is 12.3 Å². The standard InChI is InChI=1S/C14H24N2O3S/c1-4-6-9-16(11(3)5-2)20(18,19)12-7-8-14(17)13(15)10-12/h7-8,10-11,17H,4-6,9,15H2,1-3H3. The number of nitrogens with two attached hydrogens (primary N) is 1. The Morgan fingerprint density at radius 1 is 1.35 bits per heavy atom. The molecule has 0 aromatic heterocycles. The van der Waals surface area contributed by atoms with Gasteiger partial charge >= 0.3 is 0 Å². The number of anilines is 1. The number of rotatable bonds is 7. The minimum Gasteiger partial charge on any atom is -0.506 e. The topological polar surface area (TPSA) is 83.6 Å². The molecule has 0 bridgehead atoms. The highest BCUT2D eigenvalue weighted by atomic mass is 32.2. The van der Waals surface area contributed by atoms with E-state index in [1.165, 1.54) is 22.5 Å². The third-order valence-corrected chi connectivity index (χ3v) is 5.43. The SMILES string of the molecule is CCCCN(C(C)CC)S(=O)(=O)c1ccc(O)c(N)c1. The van der Waals surface area contributed by atoms with Gasteiger partial charge in [-0.05, 0) is 38.0 Å². The second-order valence-electron chi connectivity index (χ2n) is 4.95. The van der Waals surface area contributed by atoms with Crippen LogP contribution in [0.4, 0.5) is 5.69 Å². The molecule has 1 rings (SSSR count). The number of unbranched alkanes of at least 4 members (excludes halogenated alkanes) is 1. The molecule has 0 radical (unpaired) electrons. The highest BCUT2D eigenvalue weighted by molar-refractivity contribution is 7.89. The molecule has 0 amide bonds. The maximum atomic E-state index is 12.7. The van der Waals surface area contributed by atoms with Crippen molar-refractivity contribution in [2.24, 2.45) is 0 Å². The lowest BCUT2D eigenvalue weighted by Crippen LogP contribution is -2.39. The molecular weight excluding hydrogens is 276 g/mol. The van der Waals surface area contributed by atoms with Gasteiger partial charge in [0.15, 0.2) is 0 Å². The number of phenols is 1. The number of phenolic OH excluding ortho intramolecular Hbond substituents is 1. The van der Waals surface area contributed by atoms with Crippen LogP contribution in [0.3, 0.4) is 0 Å². The van der Waals surface area contributed by atoms with Gasteiger partial charge in [0, 0.05) is 12.6 Å². The van der Waals surface area contributed by atoms with Gasteiger partial charge in [0.05, 0.1) is 10.6 Å². The molecular formula is C14H24N2O3S. The van der Waals surface area contributed by atoms with Gasteiger partial charge in [0.1, 0.15) is 5.75 Å². The van der Waals surface area contributed by atoms with E-state index >= 15 is 0 Å². The fraction of sp³-hybridized carbons (Fsp3) is 0.571. The summed E-state index contributed by atoms with van der Waals surface area (Å²) in [6.45, 7) is 6.38. The summed E-state index contributed by atoms with van der Waals surface area (Å²) in [5.41, 5.74) is 5.67. The quantitative estimate of drug-likeness (QED) is 0.599. The van der Waals surface area contributed by atoms with Gasteiger partial charge in [-0.2, -0.15) is 4.31 Å². The van der Waals surface area contributed by atoms with Crippen LogP contribution < -0.4 is 5.73 Å². The van der Waals surface area contributed by atoms with Crippen molar-refractivity contribution in [3.63, 3.8) is 0 Å². The van der Waals surface area contributed by atoms with Crippen LogP contribution in [0.1, 0.15) is 40.0 Å². The number of hydrogen-bond donors (Lipinski definition) is 2. The van der Waals surface area contributed by atoms with Gasteiger partial charge in [-0.25, -0.2) is 8.42 Å². The summed E-state index contributed by atoms with van der Waals surface area (Å²) in [5, 5.41) is 9.41. The zero-order valence-corrected chi connectivity index (χ0v) is 13.2. The van der Waals surface area contributed by atoms with Gasteiger partial charge in [-0.15, -0.1) is 0 Å². The van der Waals surface area contributed by atoms with Crippen molar-refractivity contribution in [1.82, 2.24) is 4.31 Å². The zero-order valence-electron chi connectivity index (χ0n) is 12.3. The van der Waals surface area contributed by atoms with E-state index in [1.54, 1.807) is 0 Å². The van der Waals surface area contributed by atoms with Crippen LogP contribution in [0.25, 0.3) is 0 Å². The molecule has 0 saturated heterocycles. The first-order valence-electron chi connectivity index (χ1n) is 6.94. The number of nitrogen functional groups attached to an aromatic ring is 1. The van der Waals surface area contributed by atoms with Crippen molar-refractivity contribution in [2.45, 2.75) is 51.0 Å². The van der Waals surface area contributed by atoms with Crippen molar-refractivity contribution in [1.29, 1.82) is 0 Å². The third-order valence-electron chi connectivity index (χ3n) is 3.42.